The number of rotatable bonds is 18. The molecule has 0 aromatic heterocycles. The molecule has 0 spiro atoms. The zero-order valence-corrected chi connectivity index (χ0v) is 26.1. The number of aromatic hydroxyl groups is 2. The summed E-state index contributed by atoms with van der Waals surface area (Å²) in [5.41, 5.74) is 11.3. The number of nitrogens with one attached hydrogen (secondary N) is 4. The van der Waals surface area contributed by atoms with Gasteiger partial charge in [-0.05, 0) is 48.9 Å². The second kappa shape index (κ2) is 20.2. The van der Waals surface area contributed by atoms with Crippen LogP contribution in [0, 0.1) is 0 Å². The molecule has 11 heteroatoms. The third kappa shape index (κ3) is 13.0. The van der Waals surface area contributed by atoms with E-state index in [-0.39, 0.29) is 35.5 Å². The second-order valence-electron chi connectivity index (χ2n) is 10.4. The lowest BCUT2D eigenvalue weighted by Crippen LogP contribution is -2.42. The number of carbonyl (C=O) groups excluding carboxylic acids is 4. The zero-order valence-electron chi connectivity index (χ0n) is 25.3. The number of hydrogen-bond acceptors (Lipinski definition) is 7. The van der Waals surface area contributed by atoms with Crippen molar-refractivity contribution in [2.45, 2.75) is 90.9 Å². The summed E-state index contributed by atoms with van der Waals surface area (Å²) in [6, 6.07) is 9.90. The average molecular weight is 615 g/mol. The van der Waals surface area contributed by atoms with Gasteiger partial charge in [-0.3, -0.25) is 40.9 Å². The molecule has 10 nitrogen and oxygen atoms in total. The predicted octanol–water partition coefficient (Wildman–Crippen LogP) is 5.08. The minimum atomic E-state index is -0.573. The number of thioether (sulfide) groups is 1. The first-order valence-electron chi connectivity index (χ1n) is 15.2. The molecule has 0 saturated heterocycles. The van der Waals surface area contributed by atoms with Crippen LogP contribution in [0.1, 0.15) is 110 Å². The third-order valence-corrected chi connectivity index (χ3v) is 7.87. The van der Waals surface area contributed by atoms with Crippen molar-refractivity contribution in [2.75, 3.05) is 11.5 Å². The van der Waals surface area contributed by atoms with Gasteiger partial charge in [-0.25, -0.2) is 0 Å². The lowest BCUT2D eigenvalue weighted by atomic mass is 9.99. The number of amides is 4. The van der Waals surface area contributed by atoms with Crippen LogP contribution in [-0.2, 0) is 22.4 Å². The lowest BCUT2D eigenvalue weighted by Gasteiger charge is -2.13. The van der Waals surface area contributed by atoms with Crippen molar-refractivity contribution in [3.05, 3.63) is 58.7 Å². The van der Waals surface area contributed by atoms with Crippen LogP contribution in [0.4, 0.5) is 0 Å². The van der Waals surface area contributed by atoms with Gasteiger partial charge in [0.2, 0.25) is 11.8 Å². The summed E-state index contributed by atoms with van der Waals surface area (Å²) in [5.74, 6) is -1.37. The van der Waals surface area contributed by atoms with Gasteiger partial charge in [0, 0.05) is 24.3 Å². The van der Waals surface area contributed by atoms with Crippen LogP contribution in [0.2, 0.25) is 0 Å². The molecule has 4 amide bonds. The van der Waals surface area contributed by atoms with Crippen molar-refractivity contribution in [3.8, 4) is 11.5 Å². The molecule has 0 fully saturated rings. The maximum atomic E-state index is 12.7. The minimum Gasteiger partial charge on any atom is -0.507 e. The molecular weight excluding hydrogens is 568 g/mol. The van der Waals surface area contributed by atoms with Gasteiger partial charge in [-0.2, -0.15) is 11.8 Å². The average Bonchev–Trinajstić information content (AvgIpc) is 2.99. The Labute approximate surface area is 258 Å². The molecule has 0 heterocycles. The van der Waals surface area contributed by atoms with E-state index in [1.165, 1.54) is 23.9 Å². The molecular formula is C32H46N4O6S. The Kier molecular flexibility index (Phi) is 16.7. The summed E-state index contributed by atoms with van der Waals surface area (Å²) in [5, 5.41) is 20.5. The Balaban J connectivity index is 1.68. The van der Waals surface area contributed by atoms with E-state index in [9.17, 15) is 29.4 Å². The molecule has 0 aliphatic rings. The van der Waals surface area contributed by atoms with Crippen LogP contribution in [0.3, 0.4) is 0 Å². The summed E-state index contributed by atoms with van der Waals surface area (Å²) < 4.78 is 0. The van der Waals surface area contributed by atoms with E-state index in [0.29, 0.717) is 24.3 Å². The Morgan fingerprint density at radius 3 is 1.42 bits per heavy atom. The smallest absolute Gasteiger partial charge is 0.273 e. The number of phenolic OH excluding ortho intramolecular Hbond substituents is 2. The maximum Gasteiger partial charge on any atom is 0.273 e. The standard InChI is InChI=1S/C32H46N4O6S/c1-3-5-7-9-13-23-15-11-17-25(37)29(23)31(41)35-33-27(39)19-21-43-22-20-28(40)34-36-32(42)30-24(14-10-8-6-4-2)16-12-18-26(30)38/h11-12,15-18,37-38H,3-10,13-14,19-22H2,1-2H3,(H,33,39)(H,34,40)(H,35,41)(H,36,42). The normalized spacial score (nSPS) is 10.7. The number of hydrogen-bond donors (Lipinski definition) is 6. The van der Waals surface area contributed by atoms with E-state index in [1.54, 1.807) is 24.3 Å². The van der Waals surface area contributed by atoms with Crippen molar-refractivity contribution in [3.63, 3.8) is 0 Å². The summed E-state index contributed by atoms with van der Waals surface area (Å²) in [6.07, 6.45) is 9.85. The highest BCUT2D eigenvalue weighted by atomic mass is 32.2. The van der Waals surface area contributed by atoms with E-state index in [0.717, 1.165) is 62.5 Å². The molecule has 6 N–H and O–H groups in total. The molecule has 43 heavy (non-hydrogen) atoms. The molecule has 0 radical (unpaired) electrons. The third-order valence-electron chi connectivity index (χ3n) is 6.89. The van der Waals surface area contributed by atoms with Gasteiger partial charge in [0.15, 0.2) is 0 Å². The van der Waals surface area contributed by atoms with Crippen LogP contribution >= 0.6 is 11.8 Å². The molecule has 2 aromatic rings. The minimum absolute atomic E-state index is 0.113. The van der Waals surface area contributed by atoms with Crippen LogP contribution in [0.5, 0.6) is 11.5 Å². The Bertz CT molecular complexity index is 1110. The van der Waals surface area contributed by atoms with E-state index >= 15 is 0 Å². The molecule has 236 valence electrons. The van der Waals surface area contributed by atoms with Crippen molar-refractivity contribution < 1.29 is 29.4 Å². The molecule has 0 unspecified atom stereocenters. The van der Waals surface area contributed by atoms with E-state index in [1.807, 2.05) is 0 Å². The Hall–Kier alpha value is -3.73. The Morgan fingerprint density at radius 1 is 0.605 bits per heavy atom. The quantitative estimate of drug-likeness (QED) is 0.101. The summed E-state index contributed by atoms with van der Waals surface area (Å²) in [4.78, 5) is 49.7. The molecule has 2 rings (SSSR count). The van der Waals surface area contributed by atoms with Gasteiger partial charge >= 0.3 is 0 Å². The SMILES string of the molecule is CCCCCCc1cccc(O)c1C(=O)NNC(=O)CCSCCC(=O)NNC(=O)c1c(O)cccc1CCCCCC. The monoisotopic (exact) mass is 614 g/mol. The van der Waals surface area contributed by atoms with Crippen molar-refractivity contribution in [1.29, 1.82) is 0 Å². The highest BCUT2D eigenvalue weighted by Crippen LogP contribution is 2.24. The topological polar surface area (TPSA) is 157 Å². The largest absolute Gasteiger partial charge is 0.507 e. The van der Waals surface area contributed by atoms with Crippen LogP contribution < -0.4 is 21.7 Å². The summed E-state index contributed by atoms with van der Waals surface area (Å²) in [6.45, 7) is 4.25. The van der Waals surface area contributed by atoms with Crippen LogP contribution in [0.15, 0.2) is 36.4 Å². The van der Waals surface area contributed by atoms with Crippen molar-refractivity contribution in [1.82, 2.24) is 21.7 Å². The first-order chi connectivity index (χ1) is 20.8. The van der Waals surface area contributed by atoms with E-state index in [4.69, 9.17) is 0 Å². The predicted molar refractivity (Wildman–Crippen MR) is 170 cm³/mol. The fraction of sp³-hybridized carbons (Fsp3) is 0.500. The number of aryl methyl sites for hydroxylation is 2. The van der Waals surface area contributed by atoms with E-state index in [2.05, 4.69) is 35.6 Å². The molecule has 2 aromatic carbocycles. The Morgan fingerprint density at radius 2 is 1.02 bits per heavy atom. The molecule has 0 bridgehead atoms. The maximum absolute atomic E-state index is 12.7. The fourth-order valence-electron chi connectivity index (χ4n) is 4.53. The highest BCUT2D eigenvalue weighted by Gasteiger charge is 2.18. The van der Waals surface area contributed by atoms with Crippen LogP contribution in [0.25, 0.3) is 0 Å². The number of carbonyl (C=O) groups is 4. The zero-order chi connectivity index (χ0) is 31.5. The van der Waals surface area contributed by atoms with Crippen LogP contribution in [-0.4, -0.2) is 45.3 Å². The van der Waals surface area contributed by atoms with Gasteiger partial charge in [0.05, 0.1) is 11.1 Å². The highest BCUT2D eigenvalue weighted by molar-refractivity contribution is 7.99. The second-order valence-corrected chi connectivity index (χ2v) is 11.6. The first kappa shape index (κ1) is 35.5. The van der Waals surface area contributed by atoms with Crippen molar-refractivity contribution >= 4 is 35.4 Å². The number of hydrazine groups is 2. The number of benzene rings is 2. The summed E-state index contributed by atoms with van der Waals surface area (Å²) in [7, 11) is 0. The van der Waals surface area contributed by atoms with E-state index < -0.39 is 23.6 Å². The van der Waals surface area contributed by atoms with Gasteiger partial charge in [-0.15, -0.1) is 0 Å². The lowest BCUT2D eigenvalue weighted by molar-refractivity contribution is -0.122. The first-order valence-corrected chi connectivity index (χ1v) is 16.3. The number of phenols is 2. The fourth-order valence-corrected chi connectivity index (χ4v) is 5.40. The van der Waals surface area contributed by atoms with Gasteiger partial charge < -0.3 is 10.2 Å². The van der Waals surface area contributed by atoms with Crippen molar-refractivity contribution in [2.24, 2.45) is 0 Å². The summed E-state index contributed by atoms with van der Waals surface area (Å²) >= 11 is 1.38. The molecule has 0 saturated carbocycles. The molecule has 0 atom stereocenters. The number of unbranched alkanes of at least 4 members (excludes halogenated alkanes) is 6. The molecule has 0 aliphatic carbocycles. The van der Waals surface area contributed by atoms with Gasteiger partial charge in [0.1, 0.15) is 11.5 Å². The van der Waals surface area contributed by atoms with Gasteiger partial charge in [-0.1, -0.05) is 76.6 Å². The van der Waals surface area contributed by atoms with Gasteiger partial charge in [0.25, 0.3) is 11.8 Å². The molecule has 0 aliphatic heterocycles.